The lowest BCUT2D eigenvalue weighted by molar-refractivity contribution is 0.0692. The summed E-state index contributed by atoms with van der Waals surface area (Å²) < 4.78 is 2.36. The van der Waals surface area contributed by atoms with Gasteiger partial charge >= 0.3 is 5.97 Å². The number of nitrogens with zero attached hydrogens (tertiary/aromatic N) is 4. The molecule has 7 heteroatoms. The van der Waals surface area contributed by atoms with Crippen LogP contribution in [-0.2, 0) is 0 Å². The van der Waals surface area contributed by atoms with Crippen LogP contribution in [-0.4, -0.2) is 20.5 Å². The summed E-state index contributed by atoms with van der Waals surface area (Å²) in [6.45, 7) is 0. The van der Waals surface area contributed by atoms with Crippen molar-refractivity contribution >= 4 is 39.1 Å². The van der Waals surface area contributed by atoms with Crippen molar-refractivity contribution in [3.05, 3.63) is 58.8 Å². The maximum absolute atomic E-state index is 11.3. The Bertz CT molecular complexity index is 857. The number of hydrogen-bond donors (Lipinski definition) is 1. The number of carboxylic acid groups (broad SMARTS) is 1. The minimum atomic E-state index is -1.14. The van der Waals surface area contributed by atoms with Crippen LogP contribution < -0.4 is 0 Å². The summed E-state index contributed by atoms with van der Waals surface area (Å²) in [5, 5.41) is 17.4. The highest BCUT2D eigenvalue weighted by molar-refractivity contribution is 9.10. The van der Waals surface area contributed by atoms with Gasteiger partial charge in [-0.05, 0) is 40.2 Å². The van der Waals surface area contributed by atoms with Crippen LogP contribution in [0.2, 0.25) is 0 Å². The zero-order valence-electron chi connectivity index (χ0n) is 10.6. The second kappa shape index (κ2) is 5.45. The first-order valence-electron chi connectivity index (χ1n) is 6.03. The van der Waals surface area contributed by atoms with Crippen LogP contribution in [0.3, 0.4) is 0 Å². The second-order valence-electron chi connectivity index (χ2n) is 4.17. The Morgan fingerprint density at radius 1 is 1.14 bits per heavy atom. The summed E-state index contributed by atoms with van der Waals surface area (Å²) in [5.41, 5.74) is 0.993. The van der Waals surface area contributed by atoms with Gasteiger partial charge in [0.25, 0.3) is 0 Å². The standard InChI is InChI=1S/C14H9BrN4O2/c15-9-5-1-2-6-10(9)17-18-13-12(14(20)21)16-11-7-3-4-8-19(11)13/h1-8H,(H,20,21). The summed E-state index contributed by atoms with van der Waals surface area (Å²) in [5.74, 6) is -0.950. The van der Waals surface area contributed by atoms with E-state index in [1.54, 1.807) is 34.9 Å². The molecule has 0 radical (unpaired) electrons. The van der Waals surface area contributed by atoms with Crippen LogP contribution in [0.1, 0.15) is 10.5 Å². The summed E-state index contributed by atoms with van der Waals surface area (Å²) in [6, 6.07) is 12.6. The molecule has 0 saturated carbocycles. The number of carbonyl (C=O) groups is 1. The number of fused-ring (bicyclic) bond motifs is 1. The van der Waals surface area contributed by atoms with E-state index in [0.717, 1.165) is 4.47 Å². The molecule has 0 aliphatic heterocycles. The van der Waals surface area contributed by atoms with Gasteiger partial charge in [-0.25, -0.2) is 9.78 Å². The number of aromatic carboxylic acids is 1. The van der Waals surface area contributed by atoms with E-state index in [2.05, 4.69) is 31.1 Å². The number of rotatable bonds is 3. The van der Waals surface area contributed by atoms with Gasteiger partial charge in [-0.3, -0.25) is 4.40 Å². The molecular formula is C14H9BrN4O2. The van der Waals surface area contributed by atoms with Crippen molar-refractivity contribution in [2.45, 2.75) is 0 Å². The number of azo groups is 1. The molecule has 0 aliphatic carbocycles. The largest absolute Gasteiger partial charge is 0.476 e. The molecule has 2 heterocycles. The molecule has 104 valence electrons. The molecule has 1 aromatic carbocycles. The molecule has 2 aromatic heterocycles. The van der Waals surface area contributed by atoms with E-state index in [0.29, 0.717) is 11.3 Å². The fourth-order valence-corrected chi connectivity index (χ4v) is 2.22. The third-order valence-electron chi connectivity index (χ3n) is 2.81. The van der Waals surface area contributed by atoms with Crippen LogP contribution in [0.15, 0.2) is 63.4 Å². The third kappa shape index (κ3) is 2.55. The molecular weight excluding hydrogens is 336 g/mol. The van der Waals surface area contributed by atoms with Crippen molar-refractivity contribution in [1.82, 2.24) is 9.38 Å². The van der Waals surface area contributed by atoms with E-state index in [9.17, 15) is 9.90 Å². The zero-order valence-corrected chi connectivity index (χ0v) is 12.2. The number of hydrogen-bond acceptors (Lipinski definition) is 4. The SMILES string of the molecule is O=C(O)c1nc2ccccn2c1N=Nc1ccccc1Br. The van der Waals surface area contributed by atoms with Gasteiger partial charge in [-0.15, -0.1) is 10.2 Å². The van der Waals surface area contributed by atoms with Gasteiger partial charge < -0.3 is 5.11 Å². The Morgan fingerprint density at radius 2 is 1.90 bits per heavy atom. The average Bonchev–Trinajstić information content (AvgIpc) is 2.85. The fourth-order valence-electron chi connectivity index (χ4n) is 1.86. The minimum Gasteiger partial charge on any atom is -0.476 e. The van der Waals surface area contributed by atoms with Crippen LogP contribution >= 0.6 is 15.9 Å². The molecule has 3 rings (SSSR count). The zero-order chi connectivity index (χ0) is 14.8. The highest BCUT2D eigenvalue weighted by Gasteiger charge is 2.17. The first-order chi connectivity index (χ1) is 10.2. The van der Waals surface area contributed by atoms with Crippen LogP contribution in [0.5, 0.6) is 0 Å². The molecule has 1 N–H and O–H groups in total. The Morgan fingerprint density at radius 3 is 2.67 bits per heavy atom. The minimum absolute atomic E-state index is 0.128. The van der Waals surface area contributed by atoms with E-state index in [-0.39, 0.29) is 11.5 Å². The van der Waals surface area contributed by atoms with Crippen LogP contribution in [0, 0.1) is 0 Å². The lowest BCUT2D eigenvalue weighted by Gasteiger charge is -1.97. The van der Waals surface area contributed by atoms with Crippen molar-refractivity contribution in [2.24, 2.45) is 10.2 Å². The normalized spacial score (nSPS) is 11.3. The molecule has 21 heavy (non-hydrogen) atoms. The molecule has 0 unspecified atom stereocenters. The van der Waals surface area contributed by atoms with Crippen molar-refractivity contribution < 1.29 is 9.90 Å². The summed E-state index contributed by atoms with van der Waals surface area (Å²) in [6.07, 6.45) is 1.70. The smallest absolute Gasteiger partial charge is 0.358 e. The Balaban J connectivity index is 2.13. The highest BCUT2D eigenvalue weighted by Crippen LogP contribution is 2.28. The number of benzene rings is 1. The van der Waals surface area contributed by atoms with Crippen molar-refractivity contribution in [1.29, 1.82) is 0 Å². The molecule has 0 amide bonds. The van der Waals surface area contributed by atoms with Crippen LogP contribution in [0.4, 0.5) is 11.5 Å². The molecule has 6 nitrogen and oxygen atoms in total. The maximum atomic E-state index is 11.3. The molecule has 0 saturated heterocycles. The first kappa shape index (κ1) is 13.4. The Kier molecular flexibility index (Phi) is 3.49. The monoisotopic (exact) mass is 344 g/mol. The van der Waals surface area contributed by atoms with E-state index >= 15 is 0 Å². The van der Waals surface area contributed by atoms with Crippen molar-refractivity contribution in [3.63, 3.8) is 0 Å². The Hall–Kier alpha value is -2.54. The quantitative estimate of drug-likeness (QED) is 0.722. The van der Waals surface area contributed by atoms with E-state index in [4.69, 9.17) is 0 Å². The molecule has 0 fully saturated rings. The van der Waals surface area contributed by atoms with Gasteiger partial charge in [0.15, 0.2) is 11.5 Å². The first-order valence-corrected chi connectivity index (χ1v) is 6.83. The highest BCUT2D eigenvalue weighted by atomic mass is 79.9. The van der Waals surface area contributed by atoms with Gasteiger partial charge in [-0.1, -0.05) is 18.2 Å². The molecule has 3 aromatic rings. The number of pyridine rings is 1. The fraction of sp³-hybridized carbons (Fsp3) is 0. The predicted octanol–water partition coefficient (Wildman–Crippen LogP) is 4.21. The number of imidazole rings is 1. The van der Waals surface area contributed by atoms with E-state index < -0.39 is 5.97 Å². The van der Waals surface area contributed by atoms with E-state index in [1.807, 2.05) is 18.2 Å². The van der Waals surface area contributed by atoms with Crippen molar-refractivity contribution in [3.8, 4) is 0 Å². The topological polar surface area (TPSA) is 79.3 Å². The van der Waals surface area contributed by atoms with Gasteiger partial charge in [0, 0.05) is 10.7 Å². The summed E-state index contributed by atoms with van der Waals surface area (Å²) in [7, 11) is 0. The van der Waals surface area contributed by atoms with Gasteiger partial charge in [0.05, 0.1) is 5.69 Å². The summed E-state index contributed by atoms with van der Waals surface area (Å²) >= 11 is 3.37. The number of halogens is 1. The molecule has 0 bridgehead atoms. The molecule has 0 atom stereocenters. The second-order valence-corrected chi connectivity index (χ2v) is 5.02. The maximum Gasteiger partial charge on any atom is 0.358 e. The average molecular weight is 345 g/mol. The predicted molar refractivity (Wildman–Crippen MR) is 80.5 cm³/mol. The molecule has 0 aliphatic rings. The van der Waals surface area contributed by atoms with E-state index in [1.165, 1.54) is 0 Å². The Labute approximate surface area is 127 Å². The van der Waals surface area contributed by atoms with Gasteiger partial charge in [-0.2, -0.15) is 0 Å². The summed E-state index contributed by atoms with van der Waals surface area (Å²) in [4.78, 5) is 15.3. The van der Waals surface area contributed by atoms with Gasteiger partial charge in [0.2, 0.25) is 0 Å². The lowest BCUT2D eigenvalue weighted by Crippen LogP contribution is -1.96. The van der Waals surface area contributed by atoms with Crippen LogP contribution in [0.25, 0.3) is 5.65 Å². The van der Waals surface area contributed by atoms with Crippen molar-refractivity contribution in [2.75, 3.05) is 0 Å². The lowest BCUT2D eigenvalue weighted by atomic mass is 10.3. The molecule has 0 spiro atoms. The third-order valence-corrected chi connectivity index (χ3v) is 3.48. The van der Waals surface area contributed by atoms with Gasteiger partial charge in [0.1, 0.15) is 5.65 Å². The number of aromatic nitrogens is 2. The number of carboxylic acids is 1.